The molecule has 0 fully saturated rings. The number of alkyl halides is 3. The van der Waals surface area contributed by atoms with Crippen molar-refractivity contribution in [3.05, 3.63) is 63.6 Å². The zero-order valence-corrected chi connectivity index (χ0v) is 12.5. The molecule has 2 aromatic rings. The summed E-state index contributed by atoms with van der Waals surface area (Å²) in [6.45, 7) is 1.71. The monoisotopic (exact) mass is 358 g/mol. The SMILES string of the molecule is Cc1cc(Br)ccc1C(=O)c1ccccc1OC(F)(F)F. The molecule has 0 atom stereocenters. The maximum atomic E-state index is 12.4. The van der Waals surface area contributed by atoms with Crippen LogP contribution in [-0.4, -0.2) is 12.1 Å². The third-order valence-electron chi connectivity index (χ3n) is 2.79. The van der Waals surface area contributed by atoms with Gasteiger partial charge in [-0.05, 0) is 42.8 Å². The van der Waals surface area contributed by atoms with Crippen molar-refractivity contribution in [2.24, 2.45) is 0 Å². The van der Waals surface area contributed by atoms with Crippen molar-refractivity contribution in [1.82, 2.24) is 0 Å². The predicted octanol–water partition coefficient (Wildman–Crippen LogP) is 4.89. The van der Waals surface area contributed by atoms with Gasteiger partial charge < -0.3 is 4.74 Å². The third kappa shape index (κ3) is 3.85. The second kappa shape index (κ2) is 5.89. The summed E-state index contributed by atoms with van der Waals surface area (Å²) in [5.74, 6) is -1.02. The molecule has 0 unspecified atom stereocenters. The summed E-state index contributed by atoms with van der Waals surface area (Å²) in [7, 11) is 0. The van der Waals surface area contributed by atoms with Gasteiger partial charge in [-0.3, -0.25) is 4.79 Å². The lowest BCUT2D eigenvalue weighted by Crippen LogP contribution is -2.19. The maximum absolute atomic E-state index is 12.4. The Kier molecular flexibility index (Phi) is 4.37. The molecule has 0 heterocycles. The summed E-state index contributed by atoms with van der Waals surface area (Å²) < 4.78 is 41.8. The van der Waals surface area contributed by atoms with Crippen LogP contribution < -0.4 is 4.74 Å². The Morgan fingerprint density at radius 2 is 1.76 bits per heavy atom. The van der Waals surface area contributed by atoms with Gasteiger partial charge in [-0.1, -0.05) is 28.1 Å². The number of carbonyl (C=O) groups is 1. The van der Waals surface area contributed by atoms with Gasteiger partial charge in [-0.2, -0.15) is 0 Å². The summed E-state index contributed by atoms with van der Waals surface area (Å²) >= 11 is 3.27. The molecule has 0 saturated carbocycles. The number of para-hydroxylation sites is 1. The first-order valence-corrected chi connectivity index (χ1v) is 6.73. The van der Waals surface area contributed by atoms with Gasteiger partial charge in [0.2, 0.25) is 0 Å². The van der Waals surface area contributed by atoms with Crippen molar-refractivity contribution >= 4 is 21.7 Å². The Bertz CT molecular complexity index is 681. The van der Waals surface area contributed by atoms with Crippen molar-refractivity contribution < 1.29 is 22.7 Å². The molecule has 0 aliphatic carbocycles. The Morgan fingerprint density at radius 3 is 2.38 bits per heavy atom. The first-order valence-electron chi connectivity index (χ1n) is 5.93. The standard InChI is InChI=1S/C15H10BrF3O2/c1-9-8-10(16)6-7-11(9)14(20)12-4-2-3-5-13(12)21-15(17,18)19/h2-8H,1H3. The average molecular weight is 359 g/mol. The van der Waals surface area contributed by atoms with E-state index in [1.54, 1.807) is 25.1 Å². The highest BCUT2D eigenvalue weighted by Gasteiger charge is 2.33. The average Bonchev–Trinajstić information content (AvgIpc) is 2.36. The molecule has 0 radical (unpaired) electrons. The van der Waals surface area contributed by atoms with E-state index in [4.69, 9.17) is 0 Å². The molecule has 0 N–H and O–H groups in total. The van der Waals surface area contributed by atoms with Crippen LogP contribution in [0.4, 0.5) is 13.2 Å². The largest absolute Gasteiger partial charge is 0.573 e. The smallest absolute Gasteiger partial charge is 0.405 e. The van der Waals surface area contributed by atoms with E-state index in [-0.39, 0.29) is 5.56 Å². The van der Waals surface area contributed by atoms with E-state index in [9.17, 15) is 18.0 Å². The van der Waals surface area contributed by atoms with Crippen LogP contribution in [0.15, 0.2) is 46.9 Å². The van der Waals surface area contributed by atoms with Gasteiger partial charge >= 0.3 is 6.36 Å². The molecule has 6 heteroatoms. The van der Waals surface area contributed by atoms with Gasteiger partial charge in [0.05, 0.1) is 5.56 Å². The van der Waals surface area contributed by atoms with E-state index < -0.39 is 17.9 Å². The van der Waals surface area contributed by atoms with E-state index in [1.165, 1.54) is 18.2 Å². The number of ketones is 1. The van der Waals surface area contributed by atoms with Crippen LogP contribution in [0, 0.1) is 6.92 Å². The van der Waals surface area contributed by atoms with Gasteiger partial charge in [0, 0.05) is 10.0 Å². The molecule has 21 heavy (non-hydrogen) atoms. The van der Waals surface area contributed by atoms with Gasteiger partial charge in [-0.25, -0.2) is 0 Å². The third-order valence-corrected chi connectivity index (χ3v) is 3.28. The maximum Gasteiger partial charge on any atom is 0.573 e. The molecule has 0 aromatic heterocycles. The van der Waals surface area contributed by atoms with Crippen molar-refractivity contribution in [2.45, 2.75) is 13.3 Å². The fourth-order valence-corrected chi connectivity index (χ4v) is 2.37. The van der Waals surface area contributed by atoms with Crippen LogP contribution in [-0.2, 0) is 0 Å². The van der Waals surface area contributed by atoms with Crippen molar-refractivity contribution in [1.29, 1.82) is 0 Å². The molecular formula is C15H10BrF3O2. The predicted molar refractivity (Wildman–Crippen MR) is 75.4 cm³/mol. The Labute approximate surface area is 127 Å². The van der Waals surface area contributed by atoms with E-state index in [0.29, 0.717) is 11.1 Å². The number of aryl methyl sites for hydroxylation is 1. The van der Waals surface area contributed by atoms with Crippen LogP contribution in [0.3, 0.4) is 0 Å². The van der Waals surface area contributed by atoms with Crippen LogP contribution in [0.25, 0.3) is 0 Å². The van der Waals surface area contributed by atoms with Gasteiger partial charge in [0.25, 0.3) is 0 Å². The van der Waals surface area contributed by atoms with E-state index >= 15 is 0 Å². The number of rotatable bonds is 3. The normalized spacial score (nSPS) is 11.3. The summed E-state index contributed by atoms with van der Waals surface area (Å²) in [4.78, 5) is 12.4. The number of benzene rings is 2. The van der Waals surface area contributed by atoms with Crippen molar-refractivity contribution in [2.75, 3.05) is 0 Å². The van der Waals surface area contributed by atoms with Gasteiger partial charge in [-0.15, -0.1) is 13.2 Å². The summed E-state index contributed by atoms with van der Waals surface area (Å²) in [5.41, 5.74) is 0.868. The van der Waals surface area contributed by atoms with Crippen molar-refractivity contribution in [3.8, 4) is 5.75 Å². The lowest BCUT2D eigenvalue weighted by molar-refractivity contribution is -0.274. The lowest BCUT2D eigenvalue weighted by atomic mass is 9.98. The number of hydrogen-bond acceptors (Lipinski definition) is 2. The van der Waals surface area contributed by atoms with Crippen LogP contribution in [0.1, 0.15) is 21.5 Å². The fraction of sp³-hybridized carbons (Fsp3) is 0.133. The van der Waals surface area contributed by atoms with Crippen molar-refractivity contribution in [3.63, 3.8) is 0 Å². The molecular weight excluding hydrogens is 349 g/mol. The molecule has 0 saturated heterocycles. The number of carbonyl (C=O) groups excluding carboxylic acids is 1. The highest BCUT2D eigenvalue weighted by Crippen LogP contribution is 2.29. The summed E-state index contributed by atoms with van der Waals surface area (Å²) in [5, 5.41) is 0. The first kappa shape index (κ1) is 15.6. The Hall–Kier alpha value is -1.82. The van der Waals surface area contributed by atoms with E-state index in [1.807, 2.05) is 0 Å². The highest BCUT2D eigenvalue weighted by molar-refractivity contribution is 9.10. The molecule has 0 aliphatic rings. The number of halogens is 4. The Balaban J connectivity index is 2.44. The number of ether oxygens (including phenoxy) is 1. The molecule has 0 bridgehead atoms. The molecule has 2 rings (SSSR count). The second-order valence-electron chi connectivity index (χ2n) is 4.33. The zero-order valence-electron chi connectivity index (χ0n) is 10.9. The van der Waals surface area contributed by atoms with Crippen LogP contribution in [0.5, 0.6) is 5.75 Å². The molecule has 0 amide bonds. The minimum absolute atomic E-state index is 0.125. The van der Waals surface area contributed by atoms with Gasteiger partial charge in [0.15, 0.2) is 5.78 Å². The summed E-state index contributed by atoms with van der Waals surface area (Å²) in [6, 6.07) is 10.2. The topological polar surface area (TPSA) is 26.3 Å². The van der Waals surface area contributed by atoms with Crippen LogP contribution >= 0.6 is 15.9 Å². The zero-order chi connectivity index (χ0) is 15.6. The minimum Gasteiger partial charge on any atom is -0.405 e. The Morgan fingerprint density at radius 1 is 1.10 bits per heavy atom. The molecule has 110 valence electrons. The molecule has 2 nitrogen and oxygen atoms in total. The van der Waals surface area contributed by atoms with E-state index in [2.05, 4.69) is 20.7 Å². The highest BCUT2D eigenvalue weighted by atomic mass is 79.9. The molecule has 0 spiro atoms. The number of hydrogen-bond donors (Lipinski definition) is 0. The fourth-order valence-electron chi connectivity index (χ4n) is 1.89. The molecule has 0 aliphatic heterocycles. The first-order chi connectivity index (χ1) is 9.78. The molecule has 2 aromatic carbocycles. The lowest BCUT2D eigenvalue weighted by Gasteiger charge is -2.13. The second-order valence-corrected chi connectivity index (χ2v) is 5.25. The van der Waals surface area contributed by atoms with E-state index in [0.717, 1.165) is 10.5 Å². The van der Waals surface area contributed by atoms with Gasteiger partial charge in [0.1, 0.15) is 5.75 Å². The summed E-state index contributed by atoms with van der Waals surface area (Å²) in [6.07, 6.45) is -4.84. The quantitative estimate of drug-likeness (QED) is 0.730. The van der Waals surface area contributed by atoms with Crippen LogP contribution in [0.2, 0.25) is 0 Å². The minimum atomic E-state index is -4.84.